The van der Waals surface area contributed by atoms with Crippen LogP contribution in [0, 0.1) is 6.92 Å². The van der Waals surface area contributed by atoms with Crippen LogP contribution < -0.4 is 4.74 Å². The predicted molar refractivity (Wildman–Crippen MR) is 108 cm³/mol. The number of H-pyrrole nitrogens is 1. The molecule has 0 bridgehead atoms. The highest BCUT2D eigenvalue weighted by Gasteiger charge is 2.24. The lowest BCUT2D eigenvalue weighted by molar-refractivity contribution is 0.0593. The molecule has 1 aliphatic carbocycles. The Kier molecular flexibility index (Phi) is 4.08. The van der Waals surface area contributed by atoms with Crippen LogP contribution in [0.1, 0.15) is 29.0 Å². The summed E-state index contributed by atoms with van der Waals surface area (Å²) in [6.07, 6.45) is 2.50. The van der Waals surface area contributed by atoms with Gasteiger partial charge in [-0.15, -0.1) is 0 Å². The molecule has 2 aromatic carbocycles. The van der Waals surface area contributed by atoms with Crippen LogP contribution in [0.25, 0.3) is 27.8 Å². The molecule has 2 aromatic heterocycles. The Labute approximate surface area is 167 Å². The maximum atomic E-state index is 12.2. The summed E-state index contributed by atoms with van der Waals surface area (Å²) in [5.74, 6) is 0.335. The number of benzene rings is 2. The predicted octanol–water partition coefficient (Wildman–Crippen LogP) is 4.05. The summed E-state index contributed by atoms with van der Waals surface area (Å²) < 4.78 is 12.6. The molecule has 1 aliphatic rings. The van der Waals surface area contributed by atoms with Crippen molar-refractivity contribution in [3.05, 3.63) is 59.9 Å². The van der Waals surface area contributed by atoms with Crippen LogP contribution in [0.5, 0.6) is 5.75 Å². The van der Waals surface area contributed by atoms with Crippen molar-refractivity contribution < 1.29 is 14.3 Å². The smallest absolute Gasteiger partial charge is 0.358 e. The molecular weight excluding hydrogens is 368 g/mol. The first-order valence-electron chi connectivity index (χ1n) is 9.53. The van der Waals surface area contributed by atoms with Gasteiger partial charge in [0, 0.05) is 10.9 Å². The van der Waals surface area contributed by atoms with E-state index in [2.05, 4.69) is 15.3 Å². The normalized spacial score (nSPS) is 13.6. The Hall–Kier alpha value is -3.61. The molecule has 0 atom stereocenters. The van der Waals surface area contributed by atoms with Gasteiger partial charge in [0.15, 0.2) is 5.69 Å². The van der Waals surface area contributed by atoms with E-state index < -0.39 is 5.97 Å². The second-order valence-corrected chi connectivity index (χ2v) is 7.17. The number of aryl methyl sites for hydroxylation is 1. The highest BCUT2D eigenvalue weighted by molar-refractivity contribution is 5.92. The van der Waals surface area contributed by atoms with Gasteiger partial charge in [-0.05, 0) is 50.1 Å². The van der Waals surface area contributed by atoms with Gasteiger partial charge in [0.05, 0.1) is 35.8 Å². The lowest BCUT2D eigenvalue weighted by atomic mass is 10.1. The van der Waals surface area contributed by atoms with Crippen molar-refractivity contribution in [3.8, 4) is 22.7 Å². The minimum Gasteiger partial charge on any atom is -0.490 e. The van der Waals surface area contributed by atoms with Crippen LogP contribution in [-0.4, -0.2) is 39.2 Å². The highest BCUT2D eigenvalue weighted by atomic mass is 16.5. The number of hydrogen-bond donors (Lipinski definition) is 1. The van der Waals surface area contributed by atoms with E-state index in [1.165, 1.54) is 7.11 Å². The first-order chi connectivity index (χ1) is 14.1. The number of ether oxygens (including phenoxy) is 2. The van der Waals surface area contributed by atoms with E-state index >= 15 is 0 Å². The quantitative estimate of drug-likeness (QED) is 0.522. The van der Waals surface area contributed by atoms with Gasteiger partial charge in [0.1, 0.15) is 5.75 Å². The molecule has 7 nitrogen and oxygen atoms in total. The number of aromatic amines is 1. The second-order valence-electron chi connectivity index (χ2n) is 7.17. The van der Waals surface area contributed by atoms with Gasteiger partial charge in [-0.1, -0.05) is 18.2 Å². The largest absolute Gasteiger partial charge is 0.490 e. The highest BCUT2D eigenvalue weighted by Crippen LogP contribution is 2.33. The van der Waals surface area contributed by atoms with Gasteiger partial charge in [0.2, 0.25) is 0 Å². The van der Waals surface area contributed by atoms with Crippen molar-refractivity contribution in [1.82, 2.24) is 20.0 Å². The fourth-order valence-corrected chi connectivity index (χ4v) is 3.47. The van der Waals surface area contributed by atoms with Crippen molar-refractivity contribution in [2.24, 2.45) is 0 Å². The molecule has 1 N–H and O–H groups in total. The zero-order chi connectivity index (χ0) is 20.0. The molecule has 29 heavy (non-hydrogen) atoms. The van der Waals surface area contributed by atoms with Gasteiger partial charge >= 0.3 is 5.97 Å². The van der Waals surface area contributed by atoms with Crippen LogP contribution in [0.3, 0.4) is 0 Å². The molecule has 0 amide bonds. The Morgan fingerprint density at radius 2 is 2.00 bits per heavy atom. The summed E-state index contributed by atoms with van der Waals surface area (Å²) in [6, 6.07) is 15.5. The third-order valence-corrected chi connectivity index (χ3v) is 5.04. The van der Waals surface area contributed by atoms with Gasteiger partial charge in [0.25, 0.3) is 0 Å². The molecule has 0 unspecified atom stereocenters. The summed E-state index contributed by atoms with van der Waals surface area (Å²) in [5.41, 5.74) is 4.54. The first kappa shape index (κ1) is 17.5. The van der Waals surface area contributed by atoms with E-state index in [1.54, 1.807) is 10.7 Å². The zero-order valence-corrected chi connectivity index (χ0v) is 16.2. The topological polar surface area (TPSA) is 82.0 Å². The van der Waals surface area contributed by atoms with Gasteiger partial charge in [-0.2, -0.15) is 10.2 Å². The number of aromatic nitrogens is 4. The second kappa shape index (κ2) is 6.77. The molecule has 4 aromatic rings. The standard InChI is InChI=1S/C22H20N4O3/c1-13-21-17(24-23-13)7-4-8-19(21)26-20(12-18(25-26)22(27)28-2)14-5-3-6-16(11-14)29-15-9-10-15/h3-8,11-12,15H,9-10H2,1-2H3,(H,23,24). The SMILES string of the molecule is COC(=O)c1cc(-c2cccc(OC3CC3)c2)n(-c2cccc3[nH]nc(C)c23)n1. The van der Waals surface area contributed by atoms with Crippen molar-refractivity contribution in [2.75, 3.05) is 7.11 Å². The van der Waals surface area contributed by atoms with Gasteiger partial charge < -0.3 is 9.47 Å². The Morgan fingerprint density at radius 1 is 1.17 bits per heavy atom. The van der Waals surface area contributed by atoms with E-state index in [1.807, 2.05) is 49.4 Å². The fourth-order valence-electron chi connectivity index (χ4n) is 3.47. The molecule has 1 saturated carbocycles. The molecule has 0 aliphatic heterocycles. The minimum absolute atomic E-state index is 0.245. The van der Waals surface area contributed by atoms with Crippen molar-refractivity contribution in [3.63, 3.8) is 0 Å². The van der Waals surface area contributed by atoms with Crippen molar-refractivity contribution in [2.45, 2.75) is 25.9 Å². The van der Waals surface area contributed by atoms with Gasteiger partial charge in [-0.25, -0.2) is 9.48 Å². The van der Waals surface area contributed by atoms with Crippen LogP contribution in [-0.2, 0) is 4.74 Å². The number of nitrogens with zero attached hydrogens (tertiary/aromatic N) is 3. The van der Waals surface area contributed by atoms with E-state index in [-0.39, 0.29) is 5.69 Å². The molecule has 2 heterocycles. The van der Waals surface area contributed by atoms with Crippen LogP contribution >= 0.6 is 0 Å². The molecule has 5 rings (SSSR count). The van der Waals surface area contributed by atoms with Crippen LogP contribution in [0.15, 0.2) is 48.5 Å². The average molecular weight is 388 g/mol. The monoisotopic (exact) mass is 388 g/mol. The number of fused-ring (bicyclic) bond motifs is 1. The number of carbonyl (C=O) groups is 1. The number of nitrogens with one attached hydrogen (secondary N) is 1. The number of hydrogen-bond acceptors (Lipinski definition) is 5. The summed E-state index contributed by atoms with van der Waals surface area (Å²) in [7, 11) is 1.35. The van der Waals surface area contributed by atoms with Gasteiger partial charge in [-0.3, -0.25) is 5.10 Å². The molecule has 0 saturated heterocycles. The van der Waals surface area contributed by atoms with Crippen molar-refractivity contribution >= 4 is 16.9 Å². The zero-order valence-electron chi connectivity index (χ0n) is 16.2. The molecule has 1 fully saturated rings. The summed E-state index contributed by atoms with van der Waals surface area (Å²) in [4.78, 5) is 12.2. The Balaban J connectivity index is 1.70. The maximum absolute atomic E-state index is 12.2. The van der Waals surface area contributed by atoms with E-state index in [0.717, 1.165) is 52.1 Å². The molecule has 0 spiro atoms. The maximum Gasteiger partial charge on any atom is 0.358 e. The average Bonchev–Trinajstić information content (AvgIpc) is 3.31. The number of methoxy groups -OCH3 is 1. The minimum atomic E-state index is -0.480. The Bertz CT molecular complexity index is 1220. The molecule has 146 valence electrons. The first-order valence-corrected chi connectivity index (χ1v) is 9.53. The number of esters is 1. The number of rotatable bonds is 5. The van der Waals surface area contributed by atoms with Crippen LogP contribution in [0.2, 0.25) is 0 Å². The van der Waals surface area contributed by atoms with E-state index in [4.69, 9.17) is 9.47 Å². The summed E-state index contributed by atoms with van der Waals surface area (Å²) >= 11 is 0. The lowest BCUT2D eigenvalue weighted by Crippen LogP contribution is -2.05. The van der Waals surface area contributed by atoms with E-state index in [9.17, 15) is 4.79 Å². The number of carbonyl (C=O) groups excluding carboxylic acids is 1. The molecule has 7 heteroatoms. The van der Waals surface area contributed by atoms with Crippen LogP contribution in [0.4, 0.5) is 0 Å². The third-order valence-electron chi connectivity index (χ3n) is 5.04. The summed E-state index contributed by atoms with van der Waals surface area (Å²) in [5, 5.41) is 12.9. The summed E-state index contributed by atoms with van der Waals surface area (Å²) in [6.45, 7) is 1.94. The molecule has 0 radical (unpaired) electrons. The third kappa shape index (κ3) is 3.14. The Morgan fingerprint density at radius 3 is 2.79 bits per heavy atom. The lowest BCUT2D eigenvalue weighted by Gasteiger charge is -2.11. The van der Waals surface area contributed by atoms with Crippen molar-refractivity contribution in [1.29, 1.82) is 0 Å². The van der Waals surface area contributed by atoms with E-state index in [0.29, 0.717) is 6.10 Å². The molecular formula is C22H20N4O3. The fraction of sp³-hybridized carbons (Fsp3) is 0.227.